The molecule has 0 spiro atoms. The first-order valence-corrected chi connectivity index (χ1v) is 7.02. The number of hydrogen-bond acceptors (Lipinski definition) is 3. The van der Waals surface area contributed by atoms with E-state index < -0.39 is 0 Å². The van der Waals surface area contributed by atoms with Crippen molar-refractivity contribution in [1.29, 1.82) is 0 Å². The first kappa shape index (κ1) is 13.9. The van der Waals surface area contributed by atoms with Crippen LogP contribution < -0.4 is 4.74 Å². The molecule has 0 saturated heterocycles. The number of carbonyl (C=O) groups excluding carboxylic acids is 1. The Morgan fingerprint density at radius 2 is 2.00 bits per heavy atom. The molecule has 2 rings (SSSR count). The Bertz CT molecular complexity index is 411. The standard InChI is InChI=1S/C16H22O3/c1-3-19-16(17)11-12-4-5-14(10-12)13-6-8-15(18-2)9-7-13/h6-9,12,14H,3-5,10-11H2,1-2H3. The molecule has 1 aliphatic carbocycles. The lowest BCUT2D eigenvalue weighted by molar-refractivity contribution is -0.144. The van der Waals surface area contributed by atoms with Gasteiger partial charge in [0.2, 0.25) is 0 Å². The molecule has 1 aliphatic rings. The average Bonchev–Trinajstić information content (AvgIpc) is 2.87. The molecule has 1 aromatic rings. The van der Waals surface area contributed by atoms with Crippen molar-refractivity contribution in [2.45, 2.75) is 38.5 Å². The fraction of sp³-hybridized carbons (Fsp3) is 0.562. The maximum absolute atomic E-state index is 11.5. The number of methoxy groups -OCH3 is 1. The summed E-state index contributed by atoms with van der Waals surface area (Å²) in [6.45, 7) is 2.33. The molecule has 0 bridgehead atoms. The van der Waals surface area contributed by atoms with Gasteiger partial charge in [0, 0.05) is 6.42 Å². The molecule has 0 amide bonds. The van der Waals surface area contributed by atoms with Crippen molar-refractivity contribution < 1.29 is 14.3 Å². The third-order valence-corrected chi connectivity index (χ3v) is 3.89. The van der Waals surface area contributed by atoms with Gasteiger partial charge in [-0.2, -0.15) is 0 Å². The summed E-state index contributed by atoms with van der Waals surface area (Å²) in [5.74, 6) is 1.89. The van der Waals surface area contributed by atoms with Crippen LogP contribution in [0.3, 0.4) is 0 Å². The molecule has 1 fully saturated rings. The monoisotopic (exact) mass is 262 g/mol. The molecule has 2 atom stereocenters. The molecule has 0 heterocycles. The van der Waals surface area contributed by atoms with Crippen molar-refractivity contribution in [2.75, 3.05) is 13.7 Å². The number of ether oxygens (including phenoxy) is 2. The highest BCUT2D eigenvalue weighted by molar-refractivity contribution is 5.69. The topological polar surface area (TPSA) is 35.5 Å². The van der Waals surface area contributed by atoms with E-state index in [1.807, 2.05) is 19.1 Å². The van der Waals surface area contributed by atoms with Crippen molar-refractivity contribution in [3.05, 3.63) is 29.8 Å². The van der Waals surface area contributed by atoms with Gasteiger partial charge in [-0.05, 0) is 55.7 Å². The second-order valence-corrected chi connectivity index (χ2v) is 5.16. The molecule has 0 radical (unpaired) electrons. The van der Waals surface area contributed by atoms with Crippen LogP contribution in [0, 0.1) is 5.92 Å². The Morgan fingerprint density at radius 3 is 2.63 bits per heavy atom. The van der Waals surface area contributed by atoms with Crippen LogP contribution in [0.1, 0.15) is 44.1 Å². The first-order chi connectivity index (χ1) is 9.22. The fourth-order valence-corrected chi connectivity index (χ4v) is 2.89. The van der Waals surface area contributed by atoms with Gasteiger partial charge < -0.3 is 9.47 Å². The van der Waals surface area contributed by atoms with Crippen LogP contribution in [0.25, 0.3) is 0 Å². The normalized spacial score (nSPS) is 22.2. The zero-order valence-electron chi connectivity index (χ0n) is 11.7. The molecule has 0 aliphatic heterocycles. The maximum atomic E-state index is 11.5. The van der Waals surface area contributed by atoms with Gasteiger partial charge in [0.15, 0.2) is 0 Å². The number of benzene rings is 1. The Morgan fingerprint density at radius 1 is 1.26 bits per heavy atom. The van der Waals surface area contributed by atoms with E-state index in [9.17, 15) is 4.79 Å². The third kappa shape index (κ3) is 3.72. The lowest BCUT2D eigenvalue weighted by atomic mass is 9.95. The van der Waals surface area contributed by atoms with Gasteiger partial charge in [-0.15, -0.1) is 0 Å². The highest BCUT2D eigenvalue weighted by Crippen LogP contribution is 2.40. The van der Waals surface area contributed by atoms with E-state index in [1.54, 1.807) is 7.11 Å². The average molecular weight is 262 g/mol. The number of carbonyl (C=O) groups is 1. The van der Waals surface area contributed by atoms with Gasteiger partial charge in [-0.1, -0.05) is 12.1 Å². The summed E-state index contributed by atoms with van der Waals surface area (Å²) >= 11 is 0. The third-order valence-electron chi connectivity index (χ3n) is 3.89. The van der Waals surface area contributed by atoms with E-state index in [1.165, 1.54) is 5.56 Å². The van der Waals surface area contributed by atoms with Gasteiger partial charge in [-0.3, -0.25) is 4.79 Å². The van der Waals surface area contributed by atoms with Gasteiger partial charge in [0.05, 0.1) is 13.7 Å². The van der Waals surface area contributed by atoms with Crippen molar-refractivity contribution >= 4 is 5.97 Å². The predicted octanol–water partition coefficient (Wildman–Crippen LogP) is 3.53. The lowest BCUT2D eigenvalue weighted by Gasteiger charge is -2.12. The molecule has 2 unspecified atom stereocenters. The number of hydrogen-bond donors (Lipinski definition) is 0. The molecule has 19 heavy (non-hydrogen) atoms. The van der Waals surface area contributed by atoms with Crippen LogP contribution in [0.4, 0.5) is 0 Å². The van der Waals surface area contributed by atoms with Crippen LogP contribution >= 0.6 is 0 Å². The summed E-state index contributed by atoms with van der Waals surface area (Å²) in [4.78, 5) is 11.5. The largest absolute Gasteiger partial charge is 0.497 e. The first-order valence-electron chi connectivity index (χ1n) is 7.02. The van der Waals surface area contributed by atoms with E-state index in [0.717, 1.165) is 25.0 Å². The van der Waals surface area contributed by atoms with Crippen molar-refractivity contribution in [3.63, 3.8) is 0 Å². The van der Waals surface area contributed by atoms with E-state index in [2.05, 4.69) is 12.1 Å². The Kier molecular flexibility index (Phi) is 4.83. The van der Waals surface area contributed by atoms with E-state index >= 15 is 0 Å². The molecular weight excluding hydrogens is 240 g/mol. The Labute approximate surface area is 114 Å². The molecular formula is C16H22O3. The summed E-state index contributed by atoms with van der Waals surface area (Å²) in [6, 6.07) is 8.29. The van der Waals surface area contributed by atoms with Crippen LogP contribution in [0.2, 0.25) is 0 Å². The SMILES string of the molecule is CCOC(=O)CC1CCC(c2ccc(OC)cc2)C1. The number of rotatable bonds is 5. The van der Waals surface area contributed by atoms with E-state index in [0.29, 0.717) is 24.9 Å². The van der Waals surface area contributed by atoms with Crippen LogP contribution in [0.5, 0.6) is 5.75 Å². The number of esters is 1. The molecule has 0 aromatic heterocycles. The van der Waals surface area contributed by atoms with Gasteiger partial charge in [0.1, 0.15) is 5.75 Å². The second-order valence-electron chi connectivity index (χ2n) is 5.16. The molecule has 3 heteroatoms. The second kappa shape index (κ2) is 6.60. The van der Waals surface area contributed by atoms with Crippen molar-refractivity contribution in [3.8, 4) is 5.75 Å². The van der Waals surface area contributed by atoms with Gasteiger partial charge in [0.25, 0.3) is 0 Å². The zero-order valence-corrected chi connectivity index (χ0v) is 11.7. The summed E-state index contributed by atoms with van der Waals surface area (Å²) in [5, 5.41) is 0. The van der Waals surface area contributed by atoms with E-state index in [-0.39, 0.29) is 5.97 Å². The Hall–Kier alpha value is -1.51. The maximum Gasteiger partial charge on any atom is 0.306 e. The van der Waals surface area contributed by atoms with Crippen LogP contribution in [-0.2, 0) is 9.53 Å². The fourth-order valence-electron chi connectivity index (χ4n) is 2.89. The minimum absolute atomic E-state index is 0.0529. The highest BCUT2D eigenvalue weighted by Gasteiger charge is 2.27. The highest BCUT2D eigenvalue weighted by atomic mass is 16.5. The molecule has 104 valence electrons. The summed E-state index contributed by atoms with van der Waals surface area (Å²) in [6.07, 6.45) is 3.94. The quantitative estimate of drug-likeness (QED) is 0.761. The van der Waals surface area contributed by atoms with Crippen LogP contribution in [-0.4, -0.2) is 19.7 Å². The summed E-state index contributed by atoms with van der Waals surface area (Å²) in [7, 11) is 1.68. The molecule has 3 nitrogen and oxygen atoms in total. The van der Waals surface area contributed by atoms with Crippen LogP contribution in [0.15, 0.2) is 24.3 Å². The molecule has 1 aromatic carbocycles. The van der Waals surface area contributed by atoms with Crippen molar-refractivity contribution in [2.24, 2.45) is 5.92 Å². The smallest absolute Gasteiger partial charge is 0.306 e. The lowest BCUT2D eigenvalue weighted by Crippen LogP contribution is -2.09. The predicted molar refractivity (Wildman–Crippen MR) is 74.3 cm³/mol. The summed E-state index contributed by atoms with van der Waals surface area (Å²) < 4.78 is 10.2. The minimum Gasteiger partial charge on any atom is -0.497 e. The van der Waals surface area contributed by atoms with Gasteiger partial charge in [-0.25, -0.2) is 0 Å². The Balaban J connectivity index is 1.88. The van der Waals surface area contributed by atoms with Gasteiger partial charge >= 0.3 is 5.97 Å². The summed E-state index contributed by atoms with van der Waals surface area (Å²) in [5.41, 5.74) is 1.35. The van der Waals surface area contributed by atoms with Crippen molar-refractivity contribution in [1.82, 2.24) is 0 Å². The minimum atomic E-state index is -0.0529. The zero-order chi connectivity index (χ0) is 13.7. The van der Waals surface area contributed by atoms with E-state index in [4.69, 9.17) is 9.47 Å². The molecule has 1 saturated carbocycles. The molecule has 0 N–H and O–H groups in total.